The molecule has 0 aliphatic heterocycles. The number of halogens is 1. The fourth-order valence-corrected chi connectivity index (χ4v) is 2.34. The number of rotatable bonds is 6. The number of carbonyl (C=O) groups excluding carboxylic acids is 1. The van der Waals surface area contributed by atoms with Crippen LogP contribution in [0.3, 0.4) is 0 Å². The second-order valence-corrected chi connectivity index (χ2v) is 5.60. The van der Waals surface area contributed by atoms with Gasteiger partial charge < -0.3 is 15.4 Å². The van der Waals surface area contributed by atoms with E-state index in [9.17, 15) is 4.79 Å². The van der Waals surface area contributed by atoms with Gasteiger partial charge in [0.1, 0.15) is 0 Å². The van der Waals surface area contributed by atoms with Crippen LogP contribution in [0.1, 0.15) is 19.8 Å². The van der Waals surface area contributed by atoms with Crippen molar-refractivity contribution in [2.75, 3.05) is 18.5 Å². The summed E-state index contributed by atoms with van der Waals surface area (Å²) in [5.74, 6) is -0.0119. The second-order valence-electron chi connectivity index (χ2n) is 4.68. The Hall–Kier alpha value is -0.910. The molecule has 1 fully saturated rings. The second kappa shape index (κ2) is 7.03. The van der Waals surface area contributed by atoms with E-state index in [1.807, 2.05) is 31.2 Å². The van der Waals surface area contributed by atoms with E-state index in [-0.39, 0.29) is 5.91 Å². The molecule has 1 aliphatic rings. The first kappa shape index (κ1) is 14.5. The maximum absolute atomic E-state index is 11.7. The molecule has 0 bridgehead atoms. The van der Waals surface area contributed by atoms with Gasteiger partial charge in [-0.2, -0.15) is 0 Å². The van der Waals surface area contributed by atoms with Crippen molar-refractivity contribution in [3.8, 4) is 0 Å². The van der Waals surface area contributed by atoms with E-state index in [4.69, 9.17) is 4.74 Å². The highest BCUT2D eigenvalue weighted by Gasteiger charge is 2.29. The number of ether oxygens (including phenoxy) is 1. The zero-order valence-corrected chi connectivity index (χ0v) is 12.6. The van der Waals surface area contributed by atoms with Crippen LogP contribution in [-0.2, 0) is 9.53 Å². The van der Waals surface area contributed by atoms with Crippen molar-refractivity contribution in [3.05, 3.63) is 28.7 Å². The number of amides is 1. The first-order chi connectivity index (χ1) is 9.17. The summed E-state index contributed by atoms with van der Waals surface area (Å²) in [5.41, 5.74) is 0.816. The molecule has 0 saturated heterocycles. The van der Waals surface area contributed by atoms with E-state index in [0.717, 1.165) is 29.6 Å². The zero-order valence-electron chi connectivity index (χ0n) is 11.0. The number of carbonyl (C=O) groups is 1. The minimum atomic E-state index is -0.0119. The molecule has 19 heavy (non-hydrogen) atoms. The molecule has 0 atom stereocenters. The zero-order chi connectivity index (χ0) is 13.7. The molecule has 5 heteroatoms. The van der Waals surface area contributed by atoms with Crippen LogP contribution in [0.5, 0.6) is 0 Å². The van der Waals surface area contributed by atoms with Crippen LogP contribution in [0.2, 0.25) is 0 Å². The van der Waals surface area contributed by atoms with Gasteiger partial charge in [-0.1, -0.05) is 15.9 Å². The van der Waals surface area contributed by atoms with Crippen LogP contribution in [0, 0.1) is 0 Å². The highest BCUT2D eigenvalue weighted by molar-refractivity contribution is 9.10. The van der Waals surface area contributed by atoms with Gasteiger partial charge in [0, 0.05) is 22.8 Å². The molecular weight excluding hydrogens is 308 g/mol. The van der Waals surface area contributed by atoms with Crippen LogP contribution < -0.4 is 10.6 Å². The summed E-state index contributed by atoms with van der Waals surface area (Å²) in [4.78, 5) is 11.7. The number of nitrogens with one attached hydrogen (secondary N) is 2. The van der Waals surface area contributed by atoms with Gasteiger partial charge in [0.15, 0.2) is 0 Å². The van der Waals surface area contributed by atoms with Gasteiger partial charge in [-0.25, -0.2) is 0 Å². The maximum Gasteiger partial charge on any atom is 0.238 e. The fraction of sp³-hybridized carbons (Fsp3) is 0.500. The summed E-state index contributed by atoms with van der Waals surface area (Å²) < 4.78 is 6.48. The minimum Gasteiger partial charge on any atom is -0.378 e. The van der Waals surface area contributed by atoms with Crippen molar-refractivity contribution in [2.45, 2.75) is 31.9 Å². The Bertz CT molecular complexity index is 416. The quantitative estimate of drug-likeness (QED) is 0.844. The monoisotopic (exact) mass is 326 g/mol. The summed E-state index contributed by atoms with van der Waals surface area (Å²) in [6.45, 7) is 3.12. The predicted octanol–water partition coefficient (Wildman–Crippen LogP) is 2.54. The van der Waals surface area contributed by atoms with Gasteiger partial charge in [0.25, 0.3) is 0 Å². The van der Waals surface area contributed by atoms with Crippen molar-refractivity contribution in [3.63, 3.8) is 0 Å². The molecule has 2 rings (SSSR count). The van der Waals surface area contributed by atoms with Crippen LogP contribution in [0.15, 0.2) is 28.7 Å². The maximum atomic E-state index is 11.7. The Labute approximate surface area is 122 Å². The standard InChI is InChI=1S/C14H19BrN2O2/c1-2-19-13-7-12(8-13)16-9-14(18)17-11-5-3-10(15)4-6-11/h3-6,12-13,16H,2,7-9H2,1H3,(H,17,18). The number of hydrogen-bond acceptors (Lipinski definition) is 3. The highest BCUT2D eigenvalue weighted by Crippen LogP contribution is 2.22. The normalized spacial score (nSPS) is 21.8. The van der Waals surface area contributed by atoms with E-state index in [1.165, 1.54) is 0 Å². The molecule has 1 amide bonds. The third-order valence-electron chi connectivity index (χ3n) is 3.18. The third kappa shape index (κ3) is 4.60. The fourth-order valence-electron chi connectivity index (χ4n) is 2.08. The minimum absolute atomic E-state index is 0.0119. The Morgan fingerprint density at radius 2 is 2.05 bits per heavy atom. The van der Waals surface area contributed by atoms with Crippen LogP contribution in [0.25, 0.3) is 0 Å². The van der Waals surface area contributed by atoms with Gasteiger partial charge >= 0.3 is 0 Å². The number of hydrogen-bond donors (Lipinski definition) is 2. The topological polar surface area (TPSA) is 50.4 Å². The Morgan fingerprint density at radius 1 is 1.37 bits per heavy atom. The van der Waals surface area contributed by atoms with Gasteiger partial charge in [-0.15, -0.1) is 0 Å². The smallest absolute Gasteiger partial charge is 0.238 e. The SMILES string of the molecule is CCOC1CC(NCC(=O)Nc2ccc(Br)cc2)C1. The molecule has 4 nitrogen and oxygen atoms in total. The van der Waals surface area contributed by atoms with Crippen LogP contribution >= 0.6 is 15.9 Å². The van der Waals surface area contributed by atoms with Gasteiger partial charge in [0.2, 0.25) is 5.91 Å². The van der Waals surface area contributed by atoms with Crippen molar-refractivity contribution in [2.24, 2.45) is 0 Å². The van der Waals surface area contributed by atoms with Crippen molar-refractivity contribution in [1.82, 2.24) is 5.32 Å². The van der Waals surface area contributed by atoms with Gasteiger partial charge in [0.05, 0.1) is 12.6 Å². The Balaban J connectivity index is 1.64. The largest absolute Gasteiger partial charge is 0.378 e. The summed E-state index contributed by atoms with van der Waals surface area (Å²) in [6, 6.07) is 7.96. The highest BCUT2D eigenvalue weighted by atomic mass is 79.9. The molecule has 0 aromatic heterocycles. The molecule has 1 aliphatic carbocycles. The number of benzene rings is 1. The molecule has 2 N–H and O–H groups in total. The molecular formula is C14H19BrN2O2. The average Bonchev–Trinajstić information content (AvgIpc) is 2.35. The van der Waals surface area contributed by atoms with Gasteiger partial charge in [-0.05, 0) is 44.0 Å². The summed E-state index contributed by atoms with van der Waals surface area (Å²) in [7, 11) is 0. The van der Waals surface area contributed by atoms with Crippen LogP contribution in [-0.4, -0.2) is 31.2 Å². The molecule has 0 radical (unpaired) electrons. The third-order valence-corrected chi connectivity index (χ3v) is 3.71. The lowest BCUT2D eigenvalue weighted by Crippen LogP contribution is -2.47. The number of anilines is 1. The molecule has 1 aromatic rings. The lowest BCUT2D eigenvalue weighted by Gasteiger charge is -2.35. The van der Waals surface area contributed by atoms with E-state index >= 15 is 0 Å². The van der Waals surface area contributed by atoms with E-state index in [0.29, 0.717) is 18.7 Å². The molecule has 0 unspecified atom stereocenters. The molecule has 1 saturated carbocycles. The van der Waals surface area contributed by atoms with Crippen molar-refractivity contribution < 1.29 is 9.53 Å². The summed E-state index contributed by atoms with van der Waals surface area (Å²) >= 11 is 3.36. The Kier molecular flexibility index (Phi) is 5.36. The first-order valence-corrected chi connectivity index (χ1v) is 7.37. The first-order valence-electron chi connectivity index (χ1n) is 6.57. The van der Waals surface area contributed by atoms with E-state index in [1.54, 1.807) is 0 Å². The van der Waals surface area contributed by atoms with E-state index in [2.05, 4.69) is 26.6 Å². The van der Waals surface area contributed by atoms with Crippen molar-refractivity contribution in [1.29, 1.82) is 0 Å². The Morgan fingerprint density at radius 3 is 2.68 bits per heavy atom. The average molecular weight is 327 g/mol. The molecule has 104 valence electrons. The summed E-state index contributed by atoms with van der Waals surface area (Å²) in [6.07, 6.45) is 2.37. The lowest BCUT2D eigenvalue weighted by molar-refractivity contribution is -0.116. The predicted molar refractivity (Wildman–Crippen MR) is 79.2 cm³/mol. The van der Waals surface area contributed by atoms with Gasteiger partial charge in [-0.3, -0.25) is 4.79 Å². The van der Waals surface area contributed by atoms with E-state index < -0.39 is 0 Å². The lowest BCUT2D eigenvalue weighted by atomic mass is 9.89. The summed E-state index contributed by atoms with van der Waals surface area (Å²) in [5, 5.41) is 6.09. The van der Waals surface area contributed by atoms with Crippen LogP contribution in [0.4, 0.5) is 5.69 Å². The molecule has 0 heterocycles. The molecule has 0 spiro atoms. The molecule has 1 aromatic carbocycles. The van der Waals surface area contributed by atoms with Crippen molar-refractivity contribution >= 4 is 27.5 Å².